The van der Waals surface area contributed by atoms with Crippen LogP contribution in [-0.4, -0.2) is 18.5 Å². The Morgan fingerprint density at radius 2 is 1.55 bits per heavy atom. The third-order valence-electron chi connectivity index (χ3n) is 4.50. The lowest BCUT2D eigenvalue weighted by Crippen LogP contribution is -2.20. The third-order valence-corrected chi connectivity index (χ3v) is 4.50. The van der Waals surface area contributed by atoms with E-state index in [1.165, 1.54) is 6.08 Å². The summed E-state index contributed by atoms with van der Waals surface area (Å²) in [5.74, 6) is -1.39. The number of hydrogen-bond donors (Lipinski definition) is 0. The van der Waals surface area contributed by atoms with Gasteiger partial charge in [-0.1, -0.05) is 72.8 Å². The number of benzene rings is 3. The highest BCUT2D eigenvalue weighted by Gasteiger charge is 2.24. The third kappa shape index (κ3) is 5.68. The normalized spacial score (nSPS) is 10.9. The van der Waals surface area contributed by atoms with Gasteiger partial charge in [-0.15, -0.1) is 0 Å². The lowest BCUT2D eigenvalue weighted by molar-refractivity contribution is -0.138. The summed E-state index contributed by atoms with van der Waals surface area (Å²) in [6, 6.07) is 27.3. The molecule has 0 spiro atoms. The molecule has 31 heavy (non-hydrogen) atoms. The van der Waals surface area contributed by atoms with E-state index >= 15 is 0 Å². The van der Waals surface area contributed by atoms with Gasteiger partial charge in [0.2, 0.25) is 0 Å². The summed E-state index contributed by atoms with van der Waals surface area (Å²) in [5, 5.41) is 9.22. The van der Waals surface area contributed by atoms with Crippen molar-refractivity contribution in [1.82, 2.24) is 0 Å². The van der Waals surface area contributed by atoms with E-state index in [4.69, 9.17) is 9.47 Å². The molecule has 154 valence electrons. The van der Waals surface area contributed by atoms with Crippen LogP contribution < -0.4 is 4.74 Å². The van der Waals surface area contributed by atoms with Crippen molar-refractivity contribution in [2.75, 3.05) is 6.61 Å². The standard InChI is InChI=1S/C26H21NO4/c1-2-30-25(28)22(18-27)16-19-10-9-15-23(17-19)31-26(29)24(20-11-5-3-6-12-20)21-13-7-4-8-14-21/h3-17,24H,2H2,1H3/b22-16+. The maximum absolute atomic E-state index is 13.1. The van der Waals surface area contributed by atoms with Gasteiger partial charge in [-0.3, -0.25) is 4.79 Å². The van der Waals surface area contributed by atoms with Crippen LogP contribution in [0, 0.1) is 11.3 Å². The Morgan fingerprint density at radius 3 is 2.10 bits per heavy atom. The fraction of sp³-hybridized carbons (Fsp3) is 0.115. The SMILES string of the molecule is CCOC(=O)/C(C#N)=C/c1cccc(OC(=O)C(c2ccccc2)c2ccccc2)c1. The van der Waals surface area contributed by atoms with E-state index in [0.717, 1.165) is 11.1 Å². The molecule has 0 aromatic heterocycles. The van der Waals surface area contributed by atoms with E-state index in [1.807, 2.05) is 66.7 Å². The summed E-state index contributed by atoms with van der Waals surface area (Å²) < 4.78 is 10.6. The number of rotatable bonds is 7. The lowest BCUT2D eigenvalue weighted by atomic mass is 9.91. The maximum Gasteiger partial charge on any atom is 0.348 e. The number of ether oxygens (including phenoxy) is 2. The molecule has 3 rings (SSSR count). The second-order valence-corrected chi connectivity index (χ2v) is 6.64. The van der Waals surface area contributed by atoms with Crippen molar-refractivity contribution in [1.29, 1.82) is 5.26 Å². The van der Waals surface area contributed by atoms with Gasteiger partial charge < -0.3 is 9.47 Å². The van der Waals surface area contributed by atoms with Crippen molar-refractivity contribution >= 4 is 18.0 Å². The Morgan fingerprint density at radius 1 is 0.935 bits per heavy atom. The summed E-state index contributed by atoms with van der Waals surface area (Å²) in [6.45, 7) is 1.85. The summed E-state index contributed by atoms with van der Waals surface area (Å²) in [5.41, 5.74) is 2.07. The molecule has 0 unspecified atom stereocenters. The Bertz CT molecular complexity index is 1080. The van der Waals surface area contributed by atoms with E-state index in [2.05, 4.69) is 0 Å². The zero-order valence-corrected chi connectivity index (χ0v) is 17.0. The largest absolute Gasteiger partial charge is 0.462 e. The van der Waals surface area contributed by atoms with Gasteiger partial charge >= 0.3 is 11.9 Å². The van der Waals surface area contributed by atoms with Crippen LogP contribution in [0.15, 0.2) is 90.5 Å². The molecule has 5 nitrogen and oxygen atoms in total. The van der Waals surface area contributed by atoms with Gasteiger partial charge in [0.1, 0.15) is 23.3 Å². The van der Waals surface area contributed by atoms with Crippen molar-refractivity contribution in [2.45, 2.75) is 12.8 Å². The average Bonchev–Trinajstić information content (AvgIpc) is 2.79. The monoisotopic (exact) mass is 411 g/mol. The summed E-state index contributed by atoms with van der Waals surface area (Å²) in [6.07, 6.45) is 1.40. The highest BCUT2D eigenvalue weighted by atomic mass is 16.5. The van der Waals surface area contributed by atoms with Gasteiger partial charge in [0.15, 0.2) is 0 Å². The molecule has 0 aliphatic heterocycles. The predicted molar refractivity (Wildman–Crippen MR) is 117 cm³/mol. The van der Waals surface area contributed by atoms with Crippen LogP contribution in [0.5, 0.6) is 5.75 Å². The topological polar surface area (TPSA) is 76.4 Å². The molecule has 3 aromatic rings. The van der Waals surface area contributed by atoms with E-state index in [0.29, 0.717) is 11.3 Å². The second kappa shape index (κ2) is 10.6. The van der Waals surface area contributed by atoms with Crippen molar-refractivity contribution < 1.29 is 19.1 Å². The van der Waals surface area contributed by atoms with E-state index in [1.54, 1.807) is 31.2 Å². The molecule has 0 atom stereocenters. The molecule has 0 fully saturated rings. The van der Waals surface area contributed by atoms with Gasteiger partial charge in [-0.05, 0) is 41.8 Å². The number of nitrogens with zero attached hydrogens (tertiary/aromatic N) is 1. The fourth-order valence-corrected chi connectivity index (χ4v) is 3.11. The molecule has 0 saturated heterocycles. The van der Waals surface area contributed by atoms with Gasteiger partial charge in [0.05, 0.1) is 6.61 Å². The first-order valence-corrected chi connectivity index (χ1v) is 9.83. The first-order chi connectivity index (χ1) is 15.1. The molecule has 0 aliphatic rings. The van der Waals surface area contributed by atoms with Crippen LogP contribution in [0.1, 0.15) is 29.5 Å². The van der Waals surface area contributed by atoms with E-state index in [9.17, 15) is 14.9 Å². The number of hydrogen-bond acceptors (Lipinski definition) is 5. The second-order valence-electron chi connectivity index (χ2n) is 6.64. The van der Waals surface area contributed by atoms with Crippen molar-refractivity contribution in [3.8, 4) is 11.8 Å². The molecular weight excluding hydrogens is 390 g/mol. The molecule has 0 bridgehead atoms. The van der Waals surface area contributed by atoms with Gasteiger partial charge in [-0.25, -0.2) is 4.79 Å². The zero-order chi connectivity index (χ0) is 22.1. The number of carbonyl (C=O) groups is 2. The molecule has 0 amide bonds. The van der Waals surface area contributed by atoms with Crippen LogP contribution in [0.4, 0.5) is 0 Å². The highest BCUT2D eigenvalue weighted by molar-refractivity contribution is 5.98. The lowest BCUT2D eigenvalue weighted by Gasteiger charge is -2.17. The Kier molecular flexibility index (Phi) is 7.34. The summed E-state index contributed by atoms with van der Waals surface area (Å²) >= 11 is 0. The molecule has 0 heterocycles. The fourth-order valence-electron chi connectivity index (χ4n) is 3.11. The minimum absolute atomic E-state index is 0.128. The Balaban J connectivity index is 1.87. The smallest absolute Gasteiger partial charge is 0.348 e. The maximum atomic E-state index is 13.1. The van der Waals surface area contributed by atoms with E-state index < -0.39 is 17.9 Å². The highest BCUT2D eigenvalue weighted by Crippen LogP contribution is 2.27. The molecule has 5 heteroatoms. The molecular formula is C26H21NO4. The van der Waals surface area contributed by atoms with Gasteiger partial charge in [0.25, 0.3) is 0 Å². The van der Waals surface area contributed by atoms with Crippen LogP contribution in [0.25, 0.3) is 6.08 Å². The minimum atomic E-state index is -0.694. The van der Waals surface area contributed by atoms with Crippen LogP contribution in [0.2, 0.25) is 0 Å². The zero-order valence-electron chi connectivity index (χ0n) is 17.0. The van der Waals surface area contributed by atoms with Crippen molar-refractivity contribution in [2.24, 2.45) is 0 Å². The van der Waals surface area contributed by atoms with Gasteiger partial charge in [0, 0.05) is 0 Å². The minimum Gasteiger partial charge on any atom is -0.462 e. The van der Waals surface area contributed by atoms with Crippen LogP contribution in [-0.2, 0) is 14.3 Å². The molecule has 0 aliphatic carbocycles. The predicted octanol–water partition coefficient (Wildman–Crippen LogP) is 4.89. The Hall–Kier alpha value is -4.17. The van der Waals surface area contributed by atoms with Gasteiger partial charge in [-0.2, -0.15) is 5.26 Å². The van der Waals surface area contributed by atoms with E-state index in [-0.39, 0.29) is 12.2 Å². The van der Waals surface area contributed by atoms with Crippen molar-refractivity contribution in [3.05, 3.63) is 107 Å². The number of nitriles is 1. The Labute approximate surface area is 181 Å². The average molecular weight is 411 g/mol. The first-order valence-electron chi connectivity index (χ1n) is 9.83. The molecule has 0 saturated carbocycles. The number of carbonyl (C=O) groups excluding carboxylic acids is 2. The number of esters is 2. The van der Waals surface area contributed by atoms with Crippen molar-refractivity contribution in [3.63, 3.8) is 0 Å². The molecule has 0 N–H and O–H groups in total. The first kappa shape index (κ1) is 21.5. The summed E-state index contributed by atoms with van der Waals surface area (Å²) in [4.78, 5) is 25.0. The summed E-state index contributed by atoms with van der Waals surface area (Å²) in [7, 11) is 0. The van der Waals surface area contributed by atoms with Crippen LogP contribution >= 0.6 is 0 Å². The van der Waals surface area contributed by atoms with Crippen LogP contribution in [0.3, 0.4) is 0 Å². The molecule has 3 aromatic carbocycles. The molecule has 0 radical (unpaired) electrons. The quantitative estimate of drug-likeness (QED) is 0.239.